The quantitative estimate of drug-likeness (QED) is 0.653. The first kappa shape index (κ1) is 22.5. The summed E-state index contributed by atoms with van der Waals surface area (Å²) in [4.78, 5) is 30.7. The predicted octanol–water partition coefficient (Wildman–Crippen LogP) is 4.69. The van der Waals surface area contributed by atoms with Crippen LogP contribution in [0, 0.1) is 6.92 Å². The molecule has 1 spiro atoms. The Bertz CT molecular complexity index is 836. The summed E-state index contributed by atoms with van der Waals surface area (Å²) in [7, 11) is 1.70. The Morgan fingerprint density at radius 3 is 2.43 bits per heavy atom. The number of carbonyl (C=O) groups excluding carboxylic acids is 2. The van der Waals surface area contributed by atoms with Gasteiger partial charge in [-0.1, -0.05) is 26.0 Å². The van der Waals surface area contributed by atoms with Crippen molar-refractivity contribution in [2.24, 2.45) is 4.99 Å². The van der Waals surface area contributed by atoms with Crippen LogP contribution in [-0.4, -0.2) is 43.2 Å². The van der Waals surface area contributed by atoms with Crippen LogP contribution in [-0.2, 0) is 31.8 Å². The SMILES string of the molecule is CCOC(=O)OC1=NC2(CCC(OC)CC2)C(=O)C1c1c(C)cc(CC)cc1CC. The maximum absolute atomic E-state index is 13.8. The van der Waals surface area contributed by atoms with Crippen molar-refractivity contribution in [3.63, 3.8) is 0 Å². The highest BCUT2D eigenvalue weighted by atomic mass is 16.7. The maximum Gasteiger partial charge on any atom is 0.514 e. The Kier molecular flexibility index (Phi) is 6.96. The zero-order chi connectivity index (χ0) is 21.9. The Morgan fingerprint density at radius 2 is 1.87 bits per heavy atom. The van der Waals surface area contributed by atoms with Gasteiger partial charge in [-0.25, -0.2) is 9.79 Å². The van der Waals surface area contributed by atoms with E-state index in [1.807, 2.05) is 6.92 Å². The minimum atomic E-state index is -0.845. The highest BCUT2D eigenvalue weighted by molar-refractivity contribution is 6.17. The van der Waals surface area contributed by atoms with Gasteiger partial charge >= 0.3 is 6.16 Å². The average molecular weight is 416 g/mol. The number of aliphatic imine (C=N–C) groups is 1. The third-order valence-corrected chi connectivity index (χ3v) is 6.45. The summed E-state index contributed by atoms with van der Waals surface area (Å²) in [5.41, 5.74) is 3.45. The van der Waals surface area contributed by atoms with Gasteiger partial charge in [0.2, 0.25) is 5.90 Å². The molecule has 6 heteroatoms. The molecule has 1 saturated carbocycles. The summed E-state index contributed by atoms with van der Waals surface area (Å²) in [5, 5.41) is 0. The van der Waals surface area contributed by atoms with Crippen molar-refractivity contribution in [3.8, 4) is 0 Å². The van der Waals surface area contributed by atoms with E-state index in [4.69, 9.17) is 19.2 Å². The monoisotopic (exact) mass is 415 g/mol. The van der Waals surface area contributed by atoms with Crippen LogP contribution in [0.2, 0.25) is 0 Å². The molecule has 6 nitrogen and oxygen atoms in total. The molecule has 0 bridgehead atoms. The number of aryl methyl sites for hydroxylation is 3. The third-order valence-electron chi connectivity index (χ3n) is 6.45. The molecule has 1 aromatic carbocycles. The van der Waals surface area contributed by atoms with Crippen LogP contribution in [0.1, 0.15) is 74.6 Å². The molecule has 0 N–H and O–H groups in total. The number of nitrogens with zero attached hydrogens (tertiary/aromatic N) is 1. The van der Waals surface area contributed by atoms with Crippen LogP contribution in [0.15, 0.2) is 17.1 Å². The summed E-state index contributed by atoms with van der Waals surface area (Å²) < 4.78 is 16.0. The van der Waals surface area contributed by atoms with E-state index in [9.17, 15) is 9.59 Å². The van der Waals surface area contributed by atoms with Gasteiger partial charge in [-0.3, -0.25) is 4.79 Å². The first-order chi connectivity index (χ1) is 14.4. The van der Waals surface area contributed by atoms with E-state index in [0.29, 0.717) is 12.8 Å². The van der Waals surface area contributed by atoms with E-state index in [2.05, 4.69) is 26.0 Å². The number of hydrogen-bond donors (Lipinski definition) is 0. The summed E-state index contributed by atoms with van der Waals surface area (Å²) in [6.07, 6.45) is 3.78. The number of ether oxygens (including phenoxy) is 3. The van der Waals surface area contributed by atoms with Gasteiger partial charge in [0, 0.05) is 7.11 Å². The van der Waals surface area contributed by atoms with E-state index in [1.54, 1.807) is 14.0 Å². The van der Waals surface area contributed by atoms with Crippen LogP contribution >= 0.6 is 0 Å². The number of benzene rings is 1. The lowest BCUT2D eigenvalue weighted by Crippen LogP contribution is -2.41. The maximum atomic E-state index is 13.8. The number of rotatable bonds is 5. The fourth-order valence-corrected chi connectivity index (χ4v) is 4.81. The number of ketones is 1. The minimum absolute atomic E-state index is 0.0263. The molecule has 1 unspecified atom stereocenters. The molecule has 0 amide bonds. The summed E-state index contributed by atoms with van der Waals surface area (Å²) in [6.45, 7) is 8.15. The highest BCUT2D eigenvalue weighted by Gasteiger charge is 2.53. The molecule has 0 aromatic heterocycles. The van der Waals surface area contributed by atoms with Gasteiger partial charge < -0.3 is 14.2 Å². The van der Waals surface area contributed by atoms with Crippen molar-refractivity contribution >= 4 is 17.8 Å². The molecule has 1 fully saturated rings. The van der Waals surface area contributed by atoms with Crippen molar-refractivity contribution in [2.75, 3.05) is 13.7 Å². The molecule has 0 saturated heterocycles. The number of Topliss-reactive ketones (excluding diaryl/α,β-unsaturated/α-hetero) is 1. The Hall–Kier alpha value is -2.21. The average Bonchev–Trinajstić information content (AvgIpc) is 2.98. The van der Waals surface area contributed by atoms with Gasteiger partial charge in [0.1, 0.15) is 11.5 Å². The van der Waals surface area contributed by atoms with Crippen LogP contribution in [0.3, 0.4) is 0 Å². The molecule has 1 aromatic rings. The second kappa shape index (κ2) is 9.29. The smallest absolute Gasteiger partial charge is 0.434 e. The van der Waals surface area contributed by atoms with E-state index in [-0.39, 0.29) is 24.4 Å². The number of carbonyl (C=O) groups is 2. The molecule has 1 aliphatic heterocycles. The zero-order valence-electron chi connectivity index (χ0n) is 18.7. The second-order valence-corrected chi connectivity index (χ2v) is 8.19. The first-order valence-electron chi connectivity index (χ1n) is 11.0. The highest BCUT2D eigenvalue weighted by Crippen LogP contribution is 2.45. The fraction of sp³-hybridized carbons (Fsp3) is 0.625. The molecule has 3 rings (SSSR count). The molecule has 1 heterocycles. The van der Waals surface area contributed by atoms with Crippen molar-refractivity contribution < 1.29 is 23.8 Å². The lowest BCUT2D eigenvalue weighted by atomic mass is 9.74. The largest absolute Gasteiger partial charge is 0.514 e. The van der Waals surface area contributed by atoms with E-state index in [1.165, 1.54) is 5.56 Å². The molecular formula is C24H33NO5. The van der Waals surface area contributed by atoms with Crippen molar-refractivity contribution in [3.05, 3.63) is 34.4 Å². The second-order valence-electron chi connectivity index (χ2n) is 8.19. The van der Waals surface area contributed by atoms with E-state index >= 15 is 0 Å². The number of hydrogen-bond acceptors (Lipinski definition) is 6. The Labute approximate surface area is 179 Å². The number of methoxy groups -OCH3 is 1. The van der Waals surface area contributed by atoms with Crippen LogP contribution in [0.5, 0.6) is 0 Å². The third kappa shape index (κ3) is 4.15. The van der Waals surface area contributed by atoms with Gasteiger partial charge in [-0.05, 0) is 74.6 Å². The van der Waals surface area contributed by atoms with Crippen LogP contribution in [0.25, 0.3) is 0 Å². The van der Waals surface area contributed by atoms with Crippen LogP contribution < -0.4 is 0 Å². The van der Waals surface area contributed by atoms with Crippen molar-refractivity contribution in [2.45, 2.75) is 83.8 Å². The summed E-state index contributed by atoms with van der Waals surface area (Å²) >= 11 is 0. The Balaban J connectivity index is 2.05. The molecule has 1 aliphatic carbocycles. The molecule has 164 valence electrons. The zero-order valence-corrected chi connectivity index (χ0v) is 18.7. The standard InChI is InChI=1S/C24H33NO5/c1-6-16-13-15(4)19(17(7-2)14-16)20-21(26)24(11-9-18(28-5)10-12-24)25-22(20)30-23(27)29-8-3/h13-14,18,20H,6-12H2,1-5H3. The lowest BCUT2D eigenvalue weighted by molar-refractivity contribution is -0.125. The summed E-state index contributed by atoms with van der Waals surface area (Å²) in [6, 6.07) is 4.28. The minimum Gasteiger partial charge on any atom is -0.434 e. The van der Waals surface area contributed by atoms with Crippen LogP contribution in [0.4, 0.5) is 4.79 Å². The van der Waals surface area contributed by atoms with Gasteiger partial charge in [-0.2, -0.15) is 0 Å². The van der Waals surface area contributed by atoms with Crippen molar-refractivity contribution in [1.82, 2.24) is 0 Å². The normalized spacial score (nSPS) is 26.0. The molecule has 0 radical (unpaired) electrons. The predicted molar refractivity (Wildman–Crippen MR) is 115 cm³/mol. The van der Waals surface area contributed by atoms with Gasteiger partial charge in [0.15, 0.2) is 5.78 Å². The molecule has 2 aliphatic rings. The lowest BCUT2D eigenvalue weighted by Gasteiger charge is -2.33. The van der Waals surface area contributed by atoms with Crippen molar-refractivity contribution in [1.29, 1.82) is 0 Å². The first-order valence-corrected chi connectivity index (χ1v) is 11.0. The Morgan fingerprint density at radius 1 is 1.17 bits per heavy atom. The molecule has 30 heavy (non-hydrogen) atoms. The topological polar surface area (TPSA) is 74.2 Å². The van der Waals surface area contributed by atoms with Gasteiger partial charge in [0.05, 0.1) is 12.7 Å². The fourth-order valence-electron chi connectivity index (χ4n) is 4.81. The van der Waals surface area contributed by atoms with Gasteiger partial charge in [-0.15, -0.1) is 0 Å². The summed E-state index contributed by atoms with van der Waals surface area (Å²) in [5.74, 6) is -0.468. The molecular weight excluding hydrogens is 382 g/mol. The molecule has 1 atom stereocenters. The van der Waals surface area contributed by atoms with Gasteiger partial charge in [0.25, 0.3) is 0 Å². The van der Waals surface area contributed by atoms with E-state index in [0.717, 1.165) is 42.4 Å². The van der Waals surface area contributed by atoms with E-state index < -0.39 is 17.6 Å².